The fraction of sp³-hybridized carbons (Fsp3) is 0.500. The van der Waals surface area contributed by atoms with Crippen LogP contribution in [0.2, 0.25) is 0 Å². The Morgan fingerprint density at radius 2 is 1.69 bits per heavy atom. The van der Waals surface area contributed by atoms with Crippen LogP contribution in [0.3, 0.4) is 0 Å². The van der Waals surface area contributed by atoms with E-state index in [1.165, 1.54) is 6.07 Å². The quantitative estimate of drug-likeness (QED) is 0.0509. The molecule has 202 valence electrons. The maximum atomic E-state index is 11.9. The van der Waals surface area contributed by atoms with Crippen molar-refractivity contribution in [1.82, 2.24) is 0 Å². The zero-order valence-electron chi connectivity index (χ0n) is 21.1. The van der Waals surface area contributed by atoms with Gasteiger partial charge < -0.3 is 0 Å². The number of hydrogen-bond donors (Lipinski definition) is 4. The zero-order chi connectivity index (χ0) is 26.8. The molecule has 0 aromatic heterocycles. The molecule has 1 rings (SSSR count). The molecule has 0 saturated heterocycles. The number of halogens is 1. The van der Waals surface area contributed by atoms with E-state index in [0.717, 1.165) is 62.2 Å². The number of allylic oxidation sites excluding steroid dienone is 5. The fourth-order valence-corrected chi connectivity index (χ4v) is 8.34. The third-order valence-electron chi connectivity index (χ3n) is 5.92. The topological polar surface area (TPSA) is 150 Å². The van der Waals surface area contributed by atoms with Crippen LogP contribution in [0, 0.1) is 0 Å². The first kappa shape index (κ1) is 31.9. The average Bonchev–Trinajstić information content (AvgIpc) is 2.83. The van der Waals surface area contributed by atoms with Gasteiger partial charge in [0.15, 0.2) is 0 Å². The molecule has 0 aliphatic carbocycles. The molecule has 8 heteroatoms. The van der Waals surface area contributed by atoms with Gasteiger partial charge in [0.05, 0.1) is 0 Å². The van der Waals surface area contributed by atoms with Gasteiger partial charge in [0.2, 0.25) is 0 Å². The molecule has 0 spiro atoms. The summed E-state index contributed by atoms with van der Waals surface area (Å²) in [6.07, 6.45) is 19.7. The summed E-state index contributed by atoms with van der Waals surface area (Å²) >= 11 is -1.70. The van der Waals surface area contributed by atoms with Crippen LogP contribution in [0.4, 0.5) is 0 Å². The molecule has 0 radical (unpaired) electrons. The van der Waals surface area contributed by atoms with E-state index in [9.17, 15) is 19.8 Å². The van der Waals surface area contributed by atoms with Crippen LogP contribution in [0.25, 0.3) is 0 Å². The molecule has 0 fully saturated rings. The maximum absolute atomic E-state index is 11.9. The molecule has 0 aliphatic rings. The number of aliphatic carboxylic acids is 1. The van der Waals surface area contributed by atoms with E-state index in [-0.39, 0.29) is 5.56 Å². The number of alkyl halides is 2. The number of carboxylic acid groups (broad SMARTS) is 2. The molecule has 1 aromatic carbocycles. The molecule has 2 atom stereocenters. The molecular weight excluding hydrogens is 571 g/mol. The predicted octanol–water partition coefficient (Wildman–Crippen LogP) is 5.36. The van der Waals surface area contributed by atoms with Crippen molar-refractivity contribution in [3.8, 4) is 5.75 Å². The number of carboxylic acids is 2. The van der Waals surface area contributed by atoms with Crippen molar-refractivity contribution in [3.05, 3.63) is 66.3 Å². The summed E-state index contributed by atoms with van der Waals surface area (Å²) < 4.78 is 8.15. The second-order valence-electron chi connectivity index (χ2n) is 8.79. The second-order valence-corrected chi connectivity index (χ2v) is 14.1. The summed E-state index contributed by atoms with van der Waals surface area (Å²) in [5.74, 6) is -2.56. The van der Waals surface area contributed by atoms with E-state index in [2.05, 4.69) is 30.9 Å². The number of hydrogen-bond acceptors (Lipinski definition) is 5. The first-order valence-corrected chi connectivity index (χ1v) is 16.6. The number of benzene rings is 1. The van der Waals surface area contributed by atoms with Gasteiger partial charge in [-0.2, -0.15) is 0 Å². The van der Waals surface area contributed by atoms with Gasteiger partial charge in [-0.3, -0.25) is 0 Å². The van der Waals surface area contributed by atoms with Gasteiger partial charge in [-0.15, -0.1) is 0 Å². The van der Waals surface area contributed by atoms with E-state index in [1.807, 2.05) is 6.08 Å². The van der Waals surface area contributed by atoms with Gasteiger partial charge in [-0.05, 0) is 0 Å². The minimum atomic E-state index is -1.70. The van der Waals surface area contributed by atoms with Crippen LogP contribution < -0.4 is 14.8 Å². The van der Waals surface area contributed by atoms with Crippen molar-refractivity contribution in [1.29, 1.82) is 0 Å². The Kier molecular flexibility index (Phi) is 16.8. The Balaban J connectivity index is 2.56. The molecule has 7 nitrogen and oxygen atoms in total. The van der Waals surface area contributed by atoms with E-state index in [0.29, 0.717) is 22.3 Å². The van der Waals surface area contributed by atoms with Crippen LogP contribution in [-0.4, -0.2) is 36.5 Å². The van der Waals surface area contributed by atoms with Crippen LogP contribution >= 0.6 is 20.1 Å². The summed E-state index contributed by atoms with van der Waals surface area (Å²) in [6, 6.07) is 3.83. The molecule has 0 amide bonds. The Bertz CT molecular complexity index is 871. The first-order chi connectivity index (χ1) is 17.3. The fourth-order valence-electron chi connectivity index (χ4n) is 3.86. The molecule has 6 N–H and O–H groups in total. The predicted molar refractivity (Wildman–Crippen MR) is 154 cm³/mol. The number of aryl methyl sites for hydroxylation is 1. The summed E-state index contributed by atoms with van der Waals surface area (Å²) in [4.78, 5) is 22.3. The van der Waals surface area contributed by atoms with Crippen molar-refractivity contribution in [2.45, 2.75) is 80.6 Å². The summed E-state index contributed by atoms with van der Waals surface area (Å²) in [7, 11) is 0. The standard InChI is InChI=1S/C28H43IN2O5/c1-2-3-4-5-6-7-10-17-23(29(31)21-13-12-19-24(30)27(33)34)18-11-8-9-15-22-16-14-20-25(32)26(22)28(35)36/h2,4-5,7,10,14,16,20,23-24,32H,1,3,6,8-9,11-13,15,17-19,21,30-31H2,(H,33,34)(H,35,36)/p-1/b5-4-,10-7-. The second kappa shape index (κ2) is 19.0. The third-order valence-corrected chi connectivity index (χ3v) is 11.3. The van der Waals surface area contributed by atoms with Gasteiger partial charge in [0, 0.05) is 0 Å². The molecule has 0 aliphatic heterocycles. The zero-order valence-corrected chi connectivity index (χ0v) is 23.3. The number of aromatic carboxylic acids is 1. The number of carbonyl (C=O) groups is 2. The molecule has 1 aromatic rings. The van der Waals surface area contributed by atoms with E-state index >= 15 is 0 Å². The van der Waals surface area contributed by atoms with E-state index < -0.39 is 43.8 Å². The van der Waals surface area contributed by atoms with Gasteiger partial charge >= 0.3 is 224 Å². The van der Waals surface area contributed by atoms with E-state index in [1.54, 1.807) is 12.1 Å². The Morgan fingerprint density at radius 3 is 2.39 bits per heavy atom. The van der Waals surface area contributed by atoms with Crippen LogP contribution in [0.1, 0.15) is 80.1 Å². The van der Waals surface area contributed by atoms with Crippen molar-refractivity contribution in [2.24, 2.45) is 9.68 Å². The van der Waals surface area contributed by atoms with Crippen LogP contribution in [0.15, 0.2) is 55.2 Å². The third kappa shape index (κ3) is 13.2. The normalized spacial score (nSPS) is 13.7. The molecule has 0 saturated carbocycles. The van der Waals surface area contributed by atoms with Gasteiger partial charge in [-0.1, -0.05) is 0 Å². The van der Waals surface area contributed by atoms with Gasteiger partial charge in [0.1, 0.15) is 0 Å². The molecular formula is C28H42IN2O5-. The first-order valence-electron chi connectivity index (χ1n) is 12.6. The van der Waals surface area contributed by atoms with Crippen molar-refractivity contribution in [2.75, 3.05) is 4.43 Å². The van der Waals surface area contributed by atoms with Gasteiger partial charge in [0.25, 0.3) is 0 Å². The summed E-state index contributed by atoms with van der Waals surface area (Å²) in [6.45, 7) is 3.71. The van der Waals surface area contributed by atoms with Gasteiger partial charge in [-0.25, -0.2) is 0 Å². The van der Waals surface area contributed by atoms with Crippen LogP contribution in [0.5, 0.6) is 5.75 Å². The van der Waals surface area contributed by atoms with Crippen molar-refractivity contribution >= 4 is 32.0 Å². The number of unbranched alkanes of at least 4 members (excludes halogenated alkanes) is 3. The monoisotopic (exact) mass is 613 g/mol. The average molecular weight is 614 g/mol. The Labute approximate surface area is 223 Å². The molecule has 36 heavy (non-hydrogen) atoms. The van der Waals surface area contributed by atoms with E-state index in [4.69, 9.17) is 14.8 Å². The molecule has 2 unspecified atom stereocenters. The summed E-state index contributed by atoms with van der Waals surface area (Å²) in [5.41, 5.74) is 6.09. The molecule has 0 bridgehead atoms. The van der Waals surface area contributed by atoms with Crippen LogP contribution in [-0.2, 0) is 11.2 Å². The van der Waals surface area contributed by atoms with Crippen molar-refractivity contribution in [3.63, 3.8) is 0 Å². The van der Waals surface area contributed by atoms with Crippen molar-refractivity contribution < 1.29 is 24.9 Å². The summed E-state index contributed by atoms with van der Waals surface area (Å²) in [5, 5.41) is 30.1. The Hall–Kier alpha value is -2.17. The Morgan fingerprint density at radius 1 is 1.00 bits per heavy atom. The number of nitrogens with two attached hydrogens (primary N) is 2. The molecule has 0 heterocycles. The number of rotatable bonds is 20. The SMILES string of the molecule is C=CC/C=C\C/C=C\CC(CCCCCc1cccc([O-])c1C(=O)O)I(N)CCCCC(N)C(=O)O. The minimum absolute atomic E-state index is 0.111.